The van der Waals surface area contributed by atoms with Gasteiger partial charge in [0.15, 0.2) is 11.5 Å². The van der Waals surface area contributed by atoms with E-state index in [1.807, 2.05) is 30.3 Å². The number of nitrogens with one attached hydrogen (secondary N) is 1. The van der Waals surface area contributed by atoms with Gasteiger partial charge in [0.05, 0.1) is 25.3 Å². The van der Waals surface area contributed by atoms with Crippen LogP contribution in [0.25, 0.3) is 22.4 Å². The summed E-state index contributed by atoms with van der Waals surface area (Å²) in [7, 11) is 3.24. The van der Waals surface area contributed by atoms with E-state index in [1.54, 1.807) is 14.2 Å². The first-order chi connectivity index (χ1) is 10.8. The fraction of sp³-hybridized carbons (Fsp3) is 0.188. The minimum atomic E-state index is 0.252. The van der Waals surface area contributed by atoms with E-state index in [0.717, 1.165) is 28.2 Å². The summed E-state index contributed by atoms with van der Waals surface area (Å²) in [5.74, 6) is 3.60. The minimum Gasteiger partial charge on any atom is -0.497 e. The molecule has 4 rings (SSSR count). The van der Waals surface area contributed by atoms with Crippen LogP contribution in [-0.4, -0.2) is 31.0 Å². The van der Waals surface area contributed by atoms with E-state index >= 15 is 0 Å². The number of ether oxygens (including phenoxy) is 4. The van der Waals surface area contributed by atoms with Crippen LogP contribution >= 0.6 is 0 Å². The van der Waals surface area contributed by atoms with Gasteiger partial charge in [-0.25, -0.2) is 4.98 Å². The Hall–Kier alpha value is -2.89. The Morgan fingerprint density at radius 1 is 0.955 bits per heavy atom. The van der Waals surface area contributed by atoms with Crippen LogP contribution in [0.3, 0.4) is 0 Å². The molecule has 6 heteroatoms. The van der Waals surface area contributed by atoms with Crippen LogP contribution in [0.2, 0.25) is 0 Å². The predicted molar refractivity (Wildman–Crippen MR) is 80.8 cm³/mol. The maximum Gasteiger partial charge on any atom is 0.231 e. The van der Waals surface area contributed by atoms with E-state index in [9.17, 15) is 0 Å². The van der Waals surface area contributed by atoms with Crippen molar-refractivity contribution in [1.82, 2.24) is 9.97 Å². The second kappa shape index (κ2) is 4.84. The second-order valence-corrected chi connectivity index (χ2v) is 4.91. The highest BCUT2D eigenvalue weighted by molar-refractivity contribution is 5.83. The van der Waals surface area contributed by atoms with Crippen molar-refractivity contribution in [2.24, 2.45) is 0 Å². The SMILES string of the molecule is COc1cc(OC)cc(-c2nc3cc4c(cc3[nH]2)OCO4)c1. The van der Waals surface area contributed by atoms with Gasteiger partial charge in [-0.1, -0.05) is 0 Å². The van der Waals surface area contributed by atoms with Gasteiger partial charge in [-0.15, -0.1) is 0 Å². The summed E-state index contributed by atoms with van der Waals surface area (Å²) in [6.07, 6.45) is 0. The first kappa shape index (κ1) is 12.8. The Labute approximate surface area is 126 Å². The van der Waals surface area contributed by atoms with Crippen molar-refractivity contribution in [2.75, 3.05) is 21.0 Å². The second-order valence-electron chi connectivity index (χ2n) is 4.91. The predicted octanol–water partition coefficient (Wildman–Crippen LogP) is 2.98. The normalized spacial score (nSPS) is 12.6. The monoisotopic (exact) mass is 298 g/mol. The molecule has 6 nitrogen and oxygen atoms in total. The Bertz CT molecular complexity index is 793. The first-order valence-corrected chi connectivity index (χ1v) is 6.79. The maximum atomic E-state index is 5.38. The summed E-state index contributed by atoms with van der Waals surface area (Å²) in [4.78, 5) is 7.90. The van der Waals surface area contributed by atoms with Crippen LogP contribution in [-0.2, 0) is 0 Å². The standard InChI is InChI=1S/C16H14N2O4/c1-19-10-3-9(4-11(5-10)20-2)16-17-12-6-14-15(22-8-21-14)7-13(12)18-16/h3-7H,8H2,1-2H3,(H,17,18). The smallest absolute Gasteiger partial charge is 0.231 e. The molecular weight excluding hydrogens is 284 g/mol. The van der Waals surface area contributed by atoms with Gasteiger partial charge in [-0.2, -0.15) is 0 Å². The summed E-state index contributed by atoms with van der Waals surface area (Å²) in [5.41, 5.74) is 2.59. The molecule has 0 atom stereocenters. The zero-order valence-corrected chi connectivity index (χ0v) is 12.2. The van der Waals surface area contributed by atoms with Gasteiger partial charge in [0.25, 0.3) is 0 Å². The van der Waals surface area contributed by atoms with E-state index in [0.29, 0.717) is 17.2 Å². The molecule has 0 fully saturated rings. The van der Waals surface area contributed by atoms with Crippen molar-refractivity contribution in [2.45, 2.75) is 0 Å². The van der Waals surface area contributed by atoms with E-state index in [1.165, 1.54) is 0 Å². The van der Waals surface area contributed by atoms with Gasteiger partial charge >= 0.3 is 0 Å². The molecule has 0 spiro atoms. The number of hydrogen-bond acceptors (Lipinski definition) is 5. The first-order valence-electron chi connectivity index (χ1n) is 6.79. The molecule has 0 aliphatic carbocycles. The van der Waals surface area contributed by atoms with Crippen molar-refractivity contribution >= 4 is 11.0 Å². The lowest BCUT2D eigenvalue weighted by Gasteiger charge is -2.06. The molecule has 22 heavy (non-hydrogen) atoms. The third-order valence-electron chi connectivity index (χ3n) is 3.60. The number of imidazole rings is 1. The van der Waals surface area contributed by atoms with Crippen molar-refractivity contribution < 1.29 is 18.9 Å². The molecule has 1 aliphatic rings. The highest BCUT2D eigenvalue weighted by atomic mass is 16.7. The van der Waals surface area contributed by atoms with Crippen LogP contribution < -0.4 is 18.9 Å². The number of benzene rings is 2. The molecule has 1 aromatic heterocycles. The quantitative estimate of drug-likeness (QED) is 0.805. The van der Waals surface area contributed by atoms with Crippen molar-refractivity contribution in [3.63, 3.8) is 0 Å². The molecule has 0 saturated carbocycles. The largest absolute Gasteiger partial charge is 0.497 e. The van der Waals surface area contributed by atoms with Gasteiger partial charge in [-0.3, -0.25) is 0 Å². The summed E-state index contributed by atoms with van der Waals surface area (Å²) < 4.78 is 21.4. The van der Waals surface area contributed by atoms with E-state index in [4.69, 9.17) is 18.9 Å². The third kappa shape index (κ3) is 2.00. The molecule has 1 aliphatic heterocycles. The number of rotatable bonds is 3. The van der Waals surface area contributed by atoms with Crippen molar-refractivity contribution in [3.05, 3.63) is 30.3 Å². The van der Waals surface area contributed by atoms with Gasteiger partial charge in [0.2, 0.25) is 6.79 Å². The van der Waals surface area contributed by atoms with Crippen LogP contribution in [0, 0.1) is 0 Å². The lowest BCUT2D eigenvalue weighted by atomic mass is 10.2. The van der Waals surface area contributed by atoms with Gasteiger partial charge < -0.3 is 23.9 Å². The molecule has 0 amide bonds. The highest BCUT2D eigenvalue weighted by Crippen LogP contribution is 2.36. The number of nitrogens with zero attached hydrogens (tertiary/aromatic N) is 1. The summed E-state index contributed by atoms with van der Waals surface area (Å²) in [5, 5.41) is 0. The minimum absolute atomic E-state index is 0.252. The Morgan fingerprint density at radius 2 is 1.64 bits per heavy atom. The molecule has 3 aromatic rings. The highest BCUT2D eigenvalue weighted by Gasteiger charge is 2.17. The van der Waals surface area contributed by atoms with Gasteiger partial charge in [-0.05, 0) is 12.1 Å². The summed E-state index contributed by atoms with van der Waals surface area (Å²) in [6, 6.07) is 9.39. The van der Waals surface area contributed by atoms with Crippen molar-refractivity contribution in [1.29, 1.82) is 0 Å². The fourth-order valence-corrected chi connectivity index (χ4v) is 2.48. The zero-order chi connectivity index (χ0) is 15.1. The Morgan fingerprint density at radius 3 is 2.32 bits per heavy atom. The van der Waals surface area contributed by atoms with Crippen LogP contribution in [0.15, 0.2) is 30.3 Å². The van der Waals surface area contributed by atoms with Crippen LogP contribution in [0.4, 0.5) is 0 Å². The van der Waals surface area contributed by atoms with E-state index in [-0.39, 0.29) is 6.79 Å². The maximum absolute atomic E-state index is 5.38. The molecule has 2 heterocycles. The molecule has 112 valence electrons. The van der Waals surface area contributed by atoms with E-state index < -0.39 is 0 Å². The number of H-pyrrole nitrogens is 1. The number of hydrogen-bond donors (Lipinski definition) is 1. The van der Waals surface area contributed by atoms with Crippen LogP contribution in [0.5, 0.6) is 23.0 Å². The van der Waals surface area contributed by atoms with Gasteiger partial charge in [0.1, 0.15) is 17.3 Å². The molecule has 1 N–H and O–H groups in total. The Balaban J connectivity index is 1.84. The van der Waals surface area contributed by atoms with Gasteiger partial charge in [0, 0.05) is 23.8 Å². The fourth-order valence-electron chi connectivity index (χ4n) is 2.48. The number of aromatic amines is 1. The number of methoxy groups -OCH3 is 2. The lowest BCUT2D eigenvalue weighted by Crippen LogP contribution is -1.93. The number of fused-ring (bicyclic) bond motifs is 2. The molecule has 0 radical (unpaired) electrons. The third-order valence-corrected chi connectivity index (χ3v) is 3.60. The average Bonchev–Trinajstić information content (AvgIpc) is 3.17. The molecule has 0 unspecified atom stereocenters. The molecule has 2 aromatic carbocycles. The van der Waals surface area contributed by atoms with Crippen molar-refractivity contribution in [3.8, 4) is 34.4 Å². The number of aromatic nitrogens is 2. The molecular formula is C16H14N2O4. The Kier molecular flexibility index (Phi) is 2.82. The summed E-state index contributed by atoms with van der Waals surface area (Å²) >= 11 is 0. The average molecular weight is 298 g/mol. The molecule has 0 saturated heterocycles. The van der Waals surface area contributed by atoms with Crippen LogP contribution in [0.1, 0.15) is 0 Å². The van der Waals surface area contributed by atoms with E-state index in [2.05, 4.69) is 9.97 Å². The lowest BCUT2D eigenvalue weighted by molar-refractivity contribution is 0.174. The summed E-state index contributed by atoms with van der Waals surface area (Å²) in [6.45, 7) is 0.252. The topological polar surface area (TPSA) is 65.6 Å². The zero-order valence-electron chi connectivity index (χ0n) is 12.2. The molecule has 0 bridgehead atoms.